The largest absolute Gasteiger partial charge is 0.409 e. The van der Waals surface area contributed by atoms with E-state index >= 15 is 0 Å². The van der Waals surface area contributed by atoms with Crippen LogP contribution >= 0.6 is 11.6 Å². The Bertz CT molecular complexity index is 1180. The summed E-state index contributed by atoms with van der Waals surface area (Å²) in [6, 6.07) is 10.2. The van der Waals surface area contributed by atoms with Gasteiger partial charge in [-0.15, -0.1) is 0 Å². The maximum absolute atomic E-state index is 13.3. The molecule has 3 rings (SSSR count). The van der Waals surface area contributed by atoms with Gasteiger partial charge in [0.1, 0.15) is 11.5 Å². The topological polar surface area (TPSA) is 156 Å². The minimum absolute atomic E-state index is 0.0493. The molecular formula is C18H18ClFN6O4S. The van der Waals surface area contributed by atoms with Crippen molar-refractivity contribution in [2.75, 3.05) is 11.9 Å². The number of rotatable bonds is 8. The summed E-state index contributed by atoms with van der Waals surface area (Å²) < 4.78 is 40.6. The Hall–Kier alpha value is -3.06. The van der Waals surface area contributed by atoms with E-state index < -0.39 is 15.8 Å². The molecule has 0 unspecified atom stereocenters. The molecule has 0 aliphatic rings. The van der Waals surface area contributed by atoms with E-state index in [4.69, 9.17) is 21.4 Å². The van der Waals surface area contributed by atoms with E-state index in [1.165, 1.54) is 30.3 Å². The van der Waals surface area contributed by atoms with Gasteiger partial charge < -0.3 is 15.8 Å². The average molecular weight is 469 g/mol. The van der Waals surface area contributed by atoms with E-state index in [9.17, 15) is 18.0 Å². The van der Waals surface area contributed by atoms with Gasteiger partial charge in [-0.3, -0.25) is 0 Å². The Labute approximate surface area is 181 Å². The van der Waals surface area contributed by atoms with Crippen molar-refractivity contribution in [2.45, 2.75) is 17.9 Å². The number of nitrogens with zero attached hydrogens (tertiary/aromatic N) is 3. The van der Waals surface area contributed by atoms with E-state index in [-0.39, 0.29) is 28.0 Å². The van der Waals surface area contributed by atoms with E-state index in [1.54, 1.807) is 12.1 Å². The molecular weight excluding hydrogens is 451 g/mol. The molecule has 1 heterocycles. The minimum Gasteiger partial charge on any atom is -0.409 e. The van der Waals surface area contributed by atoms with Gasteiger partial charge in [0.25, 0.3) is 0 Å². The molecule has 0 atom stereocenters. The monoisotopic (exact) mass is 468 g/mol. The lowest BCUT2D eigenvalue weighted by molar-refractivity contribution is 0.300. The highest BCUT2D eigenvalue weighted by Crippen LogP contribution is 2.20. The predicted molar refractivity (Wildman–Crippen MR) is 111 cm³/mol. The van der Waals surface area contributed by atoms with Crippen molar-refractivity contribution in [1.29, 1.82) is 0 Å². The molecule has 0 saturated carbocycles. The van der Waals surface area contributed by atoms with E-state index in [1.807, 2.05) is 0 Å². The summed E-state index contributed by atoms with van der Waals surface area (Å²) in [7, 11) is -3.72. The Morgan fingerprint density at radius 3 is 2.61 bits per heavy atom. The third-order valence-electron chi connectivity index (χ3n) is 4.20. The summed E-state index contributed by atoms with van der Waals surface area (Å²) >= 11 is 5.75. The summed E-state index contributed by atoms with van der Waals surface area (Å²) in [4.78, 5) is 0.0493. The second-order valence-electron chi connectivity index (χ2n) is 6.38. The van der Waals surface area contributed by atoms with E-state index in [0.29, 0.717) is 24.3 Å². The van der Waals surface area contributed by atoms with Crippen LogP contribution in [0.1, 0.15) is 17.0 Å². The van der Waals surface area contributed by atoms with Gasteiger partial charge in [-0.2, -0.15) is 0 Å². The number of halogens is 2. The fourth-order valence-electron chi connectivity index (χ4n) is 2.63. The van der Waals surface area contributed by atoms with Crippen molar-refractivity contribution >= 4 is 33.1 Å². The fourth-order valence-corrected chi connectivity index (χ4v) is 3.33. The summed E-state index contributed by atoms with van der Waals surface area (Å²) in [6.07, 6.45) is 0.610. The normalized spacial score (nSPS) is 12.2. The quantitative estimate of drug-likeness (QED) is 0.129. The standard InChI is InChI=1S/C18H18ClFN6O4S/c19-14-9-12(3-6-15(14)20)23-18(24-27)17-16(25-30-26-17)10-22-8-7-11-1-4-13(5-2-11)31(21,28)29/h1-6,9,22,27H,7-8,10H2,(H,23,24)(H2,21,28,29). The van der Waals surface area contributed by atoms with Gasteiger partial charge in [0, 0.05) is 12.2 Å². The van der Waals surface area contributed by atoms with Crippen LogP contribution in [-0.4, -0.2) is 36.3 Å². The van der Waals surface area contributed by atoms with Crippen LogP contribution < -0.4 is 15.8 Å². The number of aromatic nitrogens is 2. The Morgan fingerprint density at radius 1 is 1.23 bits per heavy atom. The van der Waals surface area contributed by atoms with Gasteiger partial charge >= 0.3 is 0 Å². The molecule has 0 fully saturated rings. The van der Waals surface area contributed by atoms with Crippen molar-refractivity contribution in [3.63, 3.8) is 0 Å². The first kappa shape index (κ1) is 22.6. The first-order valence-corrected chi connectivity index (χ1v) is 10.8. The highest BCUT2D eigenvalue weighted by molar-refractivity contribution is 7.89. The number of benzene rings is 2. The van der Waals surface area contributed by atoms with Crippen molar-refractivity contribution < 1.29 is 22.6 Å². The number of anilines is 1. The Balaban J connectivity index is 1.57. The van der Waals surface area contributed by atoms with Crippen LogP contribution in [0.25, 0.3) is 0 Å². The first-order valence-electron chi connectivity index (χ1n) is 8.86. The number of nitrogens with one attached hydrogen (secondary N) is 2. The molecule has 0 amide bonds. The molecule has 31 heavy (non-hydrogen) atoms. The van der Waals surface area contributed by atoms with Gasteiger partial charge in [-0.25, -0.2) is 22.6 Å². The Morgan fingerprint density at radius 2 is 1.97 bits per heavy atom. The van der Waals surface area contributed by atoms with E-state index in [2.05, 4.69) is 26.1 Å². The molecule has 2 aromatic carbocycles. The zero-order valence-corrected chi connectivity index (χ0v) is 17.5. The molecule has 3 aromatic rings. The maximum Gasteiger partial charge on any atom is 0.238 e. The van der Waals surface area contributed by atoms with Crippen LogP contribution in [-0.2, 0) is 23.0 Å². The summed E-state index contributed by atoms with van der Waals surface area (Å²) in [5, 5.41) is 30.9. The smallest absolute Gasteiger partial charge is 0.238 e. The number of hydrogen-bond donors (Lipinski definition) is 4. The fraction of sp³-hybridized carbons (Fsp3) is 0.167. The average Bonchev–Trinajstić information content (AvgIpc) is 3.20. The zero-order valence-electron chi connectivity index (χ0n) is 15.9. The molecule has 5 N–H and O–H groups in total. The SMILES string of the molecule is NS(=O)(=O)c1ccc(CCNCc2nonc2/C(=N/O)Nc2ccc(F)c(Cl)c2)cc1. The number of sulfonamides is 1. The summed E-state index contributed by atoms with van der Waals surface area (Å²) in [6.45, 7) is 0.784. The number of hydrogen-bond acceptors (Lipinski definition) is 8. The minimum atomic E-state index is -3.72. The number of oxime groups is 1. The van der Waals surface area contributed by atoms with Crippen LogP contribution in [0.3, 0.4) is 0 Å². The number of amidine groups is 1. The van der Waals surface area contributed by atoms with Crippen LogP contribution in [0, 0.1) is 5.82 Å². The van der Waals surface area contributed by atoms with Gasteiger partial charge in [-0.1, -0.05) is 34.0 Å². The molecule has 1 aromatic heterocycles. The molecule has 0 bridgehead atoms. The lowest BCUT2D eigenvalue weighted by atomic mass is 10.1. The van der Waals surface area contributed by atoms with Crippen LogP contribution in [0.2, 0.25) is 5.02 Å². The number of primary sulfonamides is 1. The maximum atomic E-state index is 13.3. The highest BCUT2D eigenvalue weighted by atomic mass is 35.5. The van der Waals surface area contributed by atoms with Crippen LogP contribution in [0.5, 0.6) is 0 Å². The molecule has 13 heteroatoms. The second kappa shape index (κ2) is 9.83. The van der Waals surface area contributed by atoms with Crippen molar-refractivity contribution in [3.8, 4) is 0 Å². The lowest BCUT2D eigenvalue weighted by Gasteiger charge is -2.08. The Kier molecular flexibility index (Phi) is 7.17. The summed E-state index contributed by atoms with van der Waals surface area (Å²) in [5.41, 5.74) is 1.82. The molecule has 0 aliphatic carbocycles. The van der Waals surface area contributed by atoms with Crippen LogP contribution in [0.4, 0.5) is 10.1 Å². The van der Waals surface area contributed by atoms with Gasteiger partial charge in [0.05, 0.1) is 9.92 Å². The van der Waals surface area contributed by atoms with Gasteiger partial charge in [0.15, 0.2) is 5.69 Å². The van der Waals surface area contributed by atoms with E-state index in [0.717, 1.165) is 5.56 Å². The van der Waals surface area contributed by atoms with Crippen molar-refractivity contribution in [3.05, 3.63) is 70.3 Å². The molecule has 0 aliphatic heterocycles. The third-order valence-corrected chi connectivity index (χ3v) is 5.42. The highest BCUT2D eigenvalue weighted by Gasteiger charge is 2.18. The van der Waals surface area contributed by atoms with Gasteiger partial charge in [0.2, 0.25) is 15.9 Å². The van der Waals surface area contributed by atoms with Crippen molar-refractivity contribution in [1.82, 2.24) is 15.6 Å². The first-order chi connectivity index (χ1) is 14.8. The van der Waals surface area contributed by atoms with Crippen molar-refractivity contribution in [2.24, 2.45) is 10.3 Å². The predicted octanol–water partition coefficient (Wildman–Crippen LogP) is 2.09. The molecule has 0 spiro atoms. The second-order valence-corrected chi connectivity index (χ2v) is 8.35. The molecule has 164 valence electrons. The lowest BCUT2D eigenvalue weighted by Crippen LogP contribution is -2.21. The van der Waals surface area contributed by atoms with Gasteiger partial charge in [-0.05, 0) is 54.0 Å². The molecule has 0 saturated heterocycles. The summed E-state index contributed by atoms with van der Waals surface area (Å²) in [5.74, 6) is -0.638. The zero-order chi connectivity index (χ0) is 22.4. The molecule has 10 nitrogen and oxygen atoms in total. The number of nitrogens with two attached hydrogens (primary N) is 1. The molecule has 0 radical (unpaired) electrons. The van der Waals surface area contributed by atoms with Crippen LogP contribution in [0.15, 0.2) is 57.1 Å². The third kappa shape index (κ3) is 5.98.